The molecule has 2 amide bonds. The predicted octanol–water partition coefficient (Wildman–Crippen LogP) is 4.53. The molecule has 0 aliphatic heterocycles. The monoisotopic (exact) mass is 437 g/mol. The number of carbonyl (C=O) groups is 2. The standard InChI is InChI=1S/C24H27N3O3S/c1-5-27(6-2)24(29)19-11-7-9-17(13-19)21-15-31-23(26-21)22(25-16(3)28)18-10-8-12-20(14-18)30-4/h7-15,22H,5-6H2,1-4H3,(H,25,28). The maximum atomic E-state index is 12.7. The van der Waals surface area contributed by atoms with E-state index < -0.39 is 0 Å². The van der Waals surface area contributed by atoms with Gasteiger partial charge in [-0.15, -0.1) is 11.3 Å². The van der Waals surface area contributed by atoms with Gasteiger partial charge in [-0.25, -0.2) is 4.98 Å². The van der Waals surface area contributed by atoms with Gasteiger partial charge in [0.15, 0.2) is 0 Å². The number of ether oxygens (including phenoxy) is 1. The zero-order chi connectivity index (χ0) is 22.4. The molecule has 0 radical (unpaired) electrons. The molecule has 1 unspecified atom stereocenters. The van der Waals surface area contributed by atoms with Crippen LogP contribution in [0.3, 0.4) is 0 Å². The minimum absolute atomic E-state index is 0.00908. The number of aromatic nitrogens is 1. The van der Waals surface area contributed by atoms with E-state index >= 15 is 0 Å². The van der Waals surface area contributed by atoms with Crippen LogP contribution in [-0.4, -0.2) is 41.9 Å². The first kappa shape index (κ1) is 22.5. The molecule has 7 heteroatoms. The number of methoxy groups -OCH3 is 1. The van der Waals surface area contributed by atoms with Gasteiger partial charge in [-0.05, 0) is 43.7 Å². The fourth-order valence-corrected chi connectivity index (χ4v) is 4.27. The van der Waals surface area contributed by atoms with Gasteiger partial charge in [-0.3, -0.25) is 9.59 Å². The van der Waals surface area contributed by atoms with E-state index in [1.54, 1.807) is 12.0 Å². The van der Waals surface area contributed by atoms with Crippen LogP contribution in [0.2, 0.25) is 0 Å². The molecule has 6 nitrogen and oxygen atoms in total. The highest BCUT2D eigenvalue weighted by molar-refractivity contribution is 7.10. The molecule has 0 aliphatic rings. The van der Waals surface area contributed by atoms with Gasteiger partial charge in [-0.1, -0.05) is 24.3 Å². The first-order valence-corrected chi connectivity index (χ1v) is 11.1. The maximum absolute atomic E-state index is 12.7. The zero-order valence-corrected chi connectivity index (χ0v) is 19.0. The van der Waals surface area contributed by atoms with Gasteiger partial charge in [0.25, 0.3) is 5.91 Å². The lowest BCUT2D eigenvalue weighted by atomic mass is 10.1. The van der Waals surface area contributed by atoms with Crippen molar-refractivity contribution in [3.63, 3.8) is 0 Å². The average Bonchev–Trinajstić information content (AvgIpc) is 3.28. The van der Waals surface area contributed by atoms with Crippen LogP contribution in [0.5, 0.6) is 5.75 Å². The lowest BCUT2D eigenvalue weighted by Crippen LogP contribution is -2.30. The summed E-state index contributed by atoms with van der Waals surface area (Å²) in [4.78, 5) is 31.2. The molecular formula is C24H27N3O3S. The summed E-state index contributed by atoms with van der Waals surface area (Å²) in [5.74, 6) is 0.582. The van der Waals surface area contributed by atoms with Gasteiger partial charge in [0.05, 0.1) is 12.8 Å². The van der Waals surface area contributed by atoms with Crippen LogP contribution in [0.4, 0.5) is 0 Å². The minimum atomic E-state index is -0.383. The number of carbonyl (C=O) groups excluding carboxylic acids is 2. The SMILES string of the molecule is CCN(CC)C(=O)c1cccc(-c2csc(C(NC(C)=O)c3cccc(OC)c3)n2)c1. The van der Waals surface area contributed by atoms with Crippen LogP contribution in [0.1, 0.15) is 47.7 Å². The average molecular weight is 438 g/mol. The number of nitrogens with zero attached hydrogens (tertiary/aromatic N) is 2. The van der Waals surface area contributed by atoms with Crippen LogP contribution in [0, 0.1) is 0 Å². The van der Waals surface area contributed by atoms with E-state index in [4.69, 9.17) is 9.72 Å². The second-order valence-corrected chi connectivity index (χ2v) is 7.93. The van der Waals surface area contributed by atoms with E-state index in [0.29, 0.717) is 24.4 Å². The van der Waals surface area contributed by atoms with Gasteiger partial charge in [0, 0.05) is 36.5 Å². The van der Waals surface area contributed by atoms with E-state index in [-0.39, 0.29) is 17.9 Å². The van der Waals surface area contributed by atoms with Crippen molar-refractivity contribution < 1.29 is 14.3 Å². The smallest absolute Gasteiger partial charge is 0.253 e. The molecule has 0 aliphatic carbocycles. The van der Waals surface area contributed by atoms with Crippen LogP contribution in [0.15, 0.2) is 53.9 Å². The maximum Gasteiger partial charge on any atom is 0.253 e. The summed E-state index contributed by atoms with van der Waals surface area (Å²) in [7, 11) is 1.61. The Morgan fingerprint density at radius 3 is 2.55 bits per heavy atom. The van der Waals surface area contributed by atoms with Gasteiger partial charge in [0.2, 0.25) is 5.91 Å². The molecule has 1 atom stereocenters. The first-order valence-electron chi connectivity index (χ1n) is 10.2. The van der Waals surface area contributed by atoms with Crippen molar-refractivity contribution in [2.45, 2.75) is 26.8 Å². The fraction of sp³-hybridized carbons (Fsp3) is 0.292. The van der Waals surface area contributed by atoms with Crippen LogP contribution >= 0.6 is 11.3 Å². The molecule has 0 saturated carbocycles. The molecular weight excluding hydrogens is 410 g/mol. The molecule has 3 rings (SSSR count). The summed E-state index contributed by atoms with van der Waals surface area (Å²) in [5, 5.41) is 5.69. The summed E-state index contributed by atoms with van der Waals surface area (Å²) in [6.45, 7) is 6.76. The third-order valence-electron chi connectivity index (χ3n) is 5.00. The largest absolute Gasteiger partial charge is 0.497 e. The summed E-state index contributed by atoms with van der Waals surface area (Å²) in [5.41, 5.74) is 3.17. The number of amides is 2. The Hall–Kier alpha value is -3.19. The second kappa shape index (κ2) is 10.2. The van der Waals surface area contributed by atoms with Gasteiger partial charge in [0.1, 0.15) is 16.8 Å². The zero-order valence-electron chi connectivity index (χ0n) is 18.2. The first-order chi connectivity index (χ1) is 15.0. The summed E-state index contributed by atoms with van der Waals surface area (Å²) < 4.78 is 5.33. The summed E-state index contributed by atoms with van der Waals surface area (Å²) >= 11 is 1.47. The topological polar surface area (TPSA) is 71.5 Å². The summed E-state index contributed by atoms with van der Waals surface area (Å²) in [6.07, 6.45) is 0. The molecule has 0 spiro atoms. The fourth-order valence-electron chi connectivity index (χ4n) is 3.37. The third-order valence-corrected chi connectivity index (χ3v) is 5.91. The van der Waals surface area contributed by atoms with Crippen LogP contribution in [-0.2, 0) is 4.79 Å². The lowest BCUT2D eigenvalue weighted by Gasteiger charge is -2.18. The Morgan fingerprint density at radius 1 is 1.13 bits per heavy atom. The highest BCUT2D eigenvalue weighted by Crippen LogP contribution is 2.31. The van der Waals surface area contributed by atoms with Crippen molar-refractivity contribution in [3.05, 3.63) is 70.0 Å². The molecule has 0 fully saturated rings. The van der Waals surface area contributed by atoms with Gasteiger partial charge < -0.3 is 15.0 Å². The van der Waals surface area contributed by atoms with Crippen molar-refractivity contribution >= 4 is 23.2 Å². The van der Waals surface area contributed by atoms with E-state index in [0.717, 1.165) is 21.8 Å². The normalized spacial score (nSPS) is 11.6. The van der Waals surface area contributed by atoms with E-state index in [2.05, 4.69) is 5.32 Å². The molecule has 1 aromatic heterocycles. The van der Waals surface area contributed by atoms with E-state index in [1.807, 2.05) is 67.8 Å². The number of thiazole rings is 1. The van der Waals surface area contributed by atoms with Gasteiger partial charge in [-0.2, -0.15) is 0 Å². The molecule has 1 N–H and O–H groups in total. The molecule has 3 aromatic rings. The number of hydrogen-bond acceptors (Lipinski definition) is 5. The minimum Gasteiger partial charge on any atom is -0.497 e. The predicted molar refractivity (Wildman–Crippen MR) is 123 cm³/mol. The molecule has 0 bridgehead atoms. The number of hydrogen-bond donors (Lipinski definition) is 1. The molecule has 31 heavy (non-hydrogen) atoms. The molecule has 2 aromatic carbocycles. The summed E-state index contributed by atoms with van der Waals surface area (Å²) in [6, 6.07) is 14.7. The second-order valence-electron chi connectivity index (χ2n) is 7.04. The molecule has 162 valence electrons. The van der Waals surface area contributed by atoms with Crippen LogP contribution in [0.25, 0.3) is 11.3 Å². The van der Waals surface area contributed by atoms with Crippen molar-refractivity contribution in [1.82, 2.24) is 15.2 Å². The van der Waals surface area contributed by atoms with Crippen molar-refractivity contribution in [2.24, 2.45) is 0 Å². The third kappa shape index (κ3) is 5.30. The highest BCUT2D eigenvalue weighted by atomic mass is 32.1. The number of nitrogens with one attached hydrogen (secondary N) is 1. The Kier molecular flexibility index (Phi) is 7.41. The molecule has 0 saturated heterocycles. The Labute approximate surface area is 186 Å². The number of benzene rings is 2. The molecule has 1 heterocycles. The Bertz CT molecular complexity index is 1060. The quantitative estimate of drug-likeness (QED) is 0.562. The van der Waals surface area contributed by atoms with Gasteiger partial charge >= 0.3 is 0 Å². The van der Waals surface area contributed by atoms with E-state index in [9.17, 15) is 9.59 Å². The highest BCUT2D eigenvalue weighted by Gasteiger charge is 2.21. The van der Waals surface area contributed by atoms with Crippen molar-refractivity contribution in [2.75, 3.05) is 20.2 Å². The van der Waals surface area contributed by atoms with Crippen molar-refractivity contribution in [1.29, 1.82) is 0 Å². The van der Waals surface area contributed by atoms with Crippen LogP contribution < -0.4 is 10.1 Å². The van der Waals surface area contributed by atoms with Crippen molar-refractivity contribution in [3.8, 4) is 17.0 Å². The lowest BCUT2D eigenvalue weighted by molar-refractivity contribution is -0.119. The Balaban J connectivity index is 1.94. The van der Waals surface area contributed by atoms with E-state index in [1.165, 1.54) is 18.3 Å². The Morgan fingerprint density at radius 2 is 1.87 bits per heavy atom. The number of rotatable bonds is 8.